The molecule has 1 atom stereocenters. The molecule has 2 nitrogen and oxygen atoms in total. The molecular formula is C14H23BrN2. The molecule has 0 saturated carbocycles. The topological polar surface area (TPSA) is 15.3 Å². The Hall–Kier alpha value is -0.380. The van der Waals surface area contributed by atoms with Crippen LogP contribution in [0.25, 0.3) is 0 Å². The van der Waals surface area contributed by atoms with Gasteiger partial charge in [-0.3, -0.25) is 4.90 Å². The Balaban J connectivity index is 2.37. The number of hydrogen-bond donors (Lipinski definition) is 1. The molecule has 0 spiro atoms. The standard InChI is InChI=1S/C14H23BrN2/c1-12(5-4-10-16-2)17(3)11-13-6-8-14(15)9-7-13/h6-9,12,16H,4-5,10-11H2,1-3H3. The predicted molar refractivity (Wildman–Crippen MR) is 78.2 cm³/mol. The maximum absolute atomic E-state index is 3.46. The molecule has 1 aromatic rings. The van der Waals surface area contributed by atoms with Gasteiger partial charge in [-0.25, -0.2) is 0 Å². The first-order valence-corrected chi connectivity index (χ1v) is 7.02. The summed E-state index contributed by atoms with van der Waals surface area (Å²) in [5.41, 5.74) is 1.37. The Bertz CT molecular complexity index is 311. The molecule has 96 valence electrons. The summed E-state index contributed by atoms with van der Waals surface area (Å²) in [6.45, 7) is 4.43. The van der Waals surface area contributed by atoms with E-state index in [0.29, 0.717) is 6.04 Å². The van der Waals surface area contributed by atoms with Crippen LogP contribution in [0.4, 0.5) is 0 Å². The molecule has 0 aliphatic heterocycles. The number of hydrogen-bond acceptors (Lipinski definition) is 2. The van der Waals surface area contributed by atoms with Gasteiger partial charge in [0.2, 0.25) is 0 Å². The molecule has 0 bridgehead atoms. The van der Waals surface area contributed by atoms with Crippen LogP contribution in [0.3, 0.4) is 0 Å². The third-order valence-corrected chi connectivity index (χ3v) is 3.68. The third kappa shape index (κ3) is 5.66. The minimum Gasteiger partial charge on any atom is -0.320 e. The van der Waals surface area contributed by atoms with E-state index < -0.39 is 0 Å². The zero-order chi connectivity index (χ0) is 12.7. The van der Waals surface area contributed by atoms with Crippen molar-refractivity contribution >= 4 is 15.9 Å². The zero-order valence-corrected chi connectivity index (χ0v) is 12.6. The Morgan fingerprint density at radius 3 is 2.53 bits per heavy atom. The van der Waals surface area contributed by atoms with Crippen LogP contribution in [0.5, 0.6) is 0 Å². The van der Waals surface area contributed by atoms with Gasteiger partial charge in [0.15, 0.2) is 0 Å². The normalized spacial score (nSPS) is 13.0. The number of nitrogens with one attached hydrogen (secondary N) is 1. The lowest BCUT2D eigenvalue weighted by atomic mass is 10.1. The molecule has 1 rings (SSSR count). The van der Waals surface area contributed by atoms with Gasteiger partial charge in [-0.15, -0.1) is 0 Å². The van der Waals surface area contributed by atoms with Gasteiger partial charge in [0.05, 0.1) is 0 Å². The summed E-state index contributed by atoms with van der Waals surface area (Å²) in [4.78, 5) is 2.42. The summed E-state index contributed by atoms with van der Waals surface area (Å²) in [5, 5.41) is 3.19. The Morgan fingerprint density at radius 2 is 1.94 bits per heavy atom. The summed E-state index contributed by atoms with van der Waals surface area (Å²) in [6, 6.07) is 9.21. The van der Waals surface area contributed by atoms with Crippen LogP contribution in [0.1, 0.15) is 25.3 Å². The quantitative estimate of drug-likeness (QED) is 0.777. The Kier molecular flexibility index (Phi) is 6.78. The van der Waals surface area contributed by atoms with Gasteiger partial charge in [-0.05, 0) is 58.1 Å². The molecule has 0 aromatic heterocycles. The van der Waals surface area contributed by atoms with Crippen LogP contribution in [0, 0.1) is 0 Å². The number of benzene rings is 1. The molecule has 0 fully saturated rings. The molecule has 0 heterocycles. The molecule has 1 aromatic carbocycles. The van der Waals surface area contributed by atoms with Gasteiger partial charge in [0.1, 0.15) is 0 Å². The second-order valence-electron chi connectivity index (χ2n) is 4.64. The van der Waals surface area contributed by atoms with Gasteiger partial charge in [-0.1, -0.05) is 28.1 Å². The summed E-state index contributed by atoms with van der Waals surface area (Å²) >= 11 is 3.46. The molecule has 1 N–H and O–H groups in total. The molecule has 0 amide bonds. The van der Waals surface area contributed by atoms with E-state index in [1.165, 1.54) is 18.4 Å². The van der Waals surface area contributed by atoms with E-state index in [1.54, 1.807) is 0 Å². The zero-order valence-electron chi connectivity index (χ0n) is 11.0. The van der Waals surface area contributed by atoms with Crippen LogP contribution >= 0.6 is 15.9 Å². The van der Waals surface area contributed by atoms with E-state index in [9.17, 15) is 0 Å². The van der Waals surface area contributed by atoms with E-state index in [1.807, 2.05) is 7.05 Å². The van der Waals surface area contributed by atoms with E-state index in [0.717, 1.165) is 17.6 Å². The third-order valence-electron chi connectivity index (χ3n) is 3.15. The first-order valence-electron chi connectivity index (χ1n) is 6.22. The molecule has 1 unspecified atom stereocenters. The minimum atomic E-state index is 0.631. The molecule has 0 aliphatic carbocycles. The molecule has 0 aliphatic rings. The fourth-order valence-corrected chi connectivity index (χ4v) is 2.09. The molecule has 17 heavy (non-hydrogen) atoms. The first-order chi connectivity index (χ1) is 8.13. The van der Waals surface area contributed by atoms with Crippen LogP contribution < -0.4 is 5.32 Å². The molecular weight excluding hydrogens is 276 g/mol. The van der Waals surface area contributed by atoms with Crippen molar-refractivity contribution in [3.05, 3.63) is 34.3 Å². The number of rotatable bonds is 7. The van der Waals surface area contributed by atoms with Crippen molar-refractivity contribution in [3.8, 4) is 0 Å². The van der Waals surface area contributed by atoms with Crippen LogP contribution in [-0.2, 0) is 6.54 Å². The van der Waals surface area contributed by atoms with E-state index in [2.05, 4.69) is 64.4 Å². The summed E-state index contributed by atoms with van der Waals surface area (Å²) in [6.07, 6.45) is 2.48. The van der Waals surface area contributed by atoms with Gasteiger partial charge in [0, 0.05) is 17.1 Å². The highest BCUT2D eigenvalue weighted by molar-refractivity contribution is 9.10. The van der Waals surface area contributed by atoms with Crippen LogP contribution in [-0.4, -0.2) is 31.6 Å². The van der Waals surface area contributed by atoms with Crippen molar-refractivity contribution in [1.29, 1.82) is 0 Å². The Labute approximate surface area is 114 Å². The maximum Gasteiger partial charge on any atom is 0.0233 e. The maximum atomic E-state index is 3.46. The minimum absolute atomic E-state index is 0.631. The van der Waals surface area contributed by atoms with Crippen molar-refractivity contribution in [2.24, 2.45) is 0 Å². The fraction of sp³-hybridized carbons (Fsp3) is 0.571. The van der Waals surface area contributed by atoms with Gasteiger partial charge in [-0.2, -0.15) is 0 Å². The first kappa shape index (κ1) is 14.7. The largest absolute Gasteiger partial charge is 0.320 e. The van der Waals surface area contributed by atoms with Crippen molar-refractivity contribution in [1.82, 2.24) is 10.2 Å². The lowest BCUT2D eigenvalue weighted by Gasteiger charge is -2.24. The predicted octanol–water partition coefficient (Wildman–Crippen LogP) is 3.27. The van der Waals surface area contributed by atoms with Crippen LogP contribution in [0.15, 0.2) is 28.7 Å². The SMILES string of the molecule is CNCCCC(C)N(C)Cc1ccc(Br)cc1. The second kappa shape index (κ2) is 7.85. The molecule has 0 radical (unpaired) electrons. The van der Waals surface area contributed by atoms with E-state index in [-0.39, 0.29) is 0 Å². The average Bonchev–Trinajstić information content (AvgIpc) is 2.32. The summed E-state index contributed by atoms with van der Waals surface area (Å²) < 4.78 is 1.14. The lowest BCUT2D eigenvalue weighted by Crippen LogP contribution is -2.29. The van der Waals surface area contributed by atoms with Crippen molar-refractivity contribution in [2.75, 3.05) is 20.6 Å². The Morgan fingerprint density at radius 1 is 1.29 bits per heavy atom. The van der Waals surface area contributed by atoms with E-state index in [4.69, 9.17) is 0 Å². The highest BCUT2D eigenvalue weighted by Gasteiger charge is 2.08. The molecule has 3 heteroatoms. The van der Waals surface area contributed by atoms with Crippen molar-refractivity contribution in [3.63, 3.8) is 0 Å². The van der Waals surface area contributed by atoms with Gasteiger partial charge < -0.3 is 5.32 Å². The number of halogens is 1. The monoisotopic (exact) mass is 298 g/mol. The summed E-state index contributed by atoms with van der Waals surface area (Å²) in [5.74, 6) is 0. The van der Waals surface area contributed by atoms with Gasteiger partial charge >= 0.3 is 0 Å². The van der Waals surface area contributed by atoms with Gasteiger partial charge in [0.25, 0.3) is 0 Å². The smallest absolute Gasteiger partial charge is 0.0233 e. The fourth-order valence-electron chi connectivity index (χ4n) is 1.83. The highest BCUT2D eigenvalue weighted by Crippen LogP contribution is 2.13. The van der Waals surface area contributed by atoms with Crippen molar-refractivity contribution in [2.45, 2.75) is 32.4 Å². The second-order valence-corrected chi connectivity index (χ2v) is 5.55. The average molecular weight is 299 g/mol. The number of nitrogens with zero attached hydrogens (tertiary/aromatic N) is 1. The lowest BCUT2D eigenvalue weighted by molar-refractivity contribution is 0.235. The van der Waals surface area contributed by atoms with E-state index >= 15 is 0 Å². The highest BCUT2D eigenvalue weighted by atomic mass is 79.9. The van der Waals surface area contributed by atoms with Crippen molar-refractivity contribution < 1.29 is 0 Å². The van der Waals surface area contributed by atoms with Crippen LogP contribution in [0.2, 0.25) is 0 Å². The summed E-state index contributed by atoms with van der Waals surface area (Å²) in [7, 11) is 4.21. The molecule has 0 saturated heterocycles.